The number of morpholine rings is 1. The summed E-state index contributed by atoms with van der Waals surface area (Å²) in [6.07, 6.45) is 5.24. The number of fused-ring (bicyclic) bond motifs is 1. The van der Waals surface area contributed by atoms with Gasteiger partial charge < -0.3 is 14.2 Å². The molecule has 0 spiro atoms. The highest BCUT2D eigenvalue weighted by molar-refractivity contribution is 7.98. The second-order valence-corrected chi connectivity index (χ2v) is 7.60. The Labute approximate surface area is 175 Å². The van der Waals surface area contributed by atoms with E-state index in [0.29, 0.717) is 49.5 Å². The van der Waals surface area contributed by atoms with Crippen molar-refractivity contribution in [2.75, 3.05) is 37.5 Å². The van der Waals surface area contributed by atoms with E-state index >= 15 is 0 Å². The van der Waals surface area contributed by atoms with E-state index in [2.05, 4.69) is 25.1 Å². The first-order valence-corrected chi connectivity index (χ1v) is 10.7. The summed E-state index contributed by atoms with van der Waals surface area (Å²) in [6, 6.07) is 7.89. The minimum Gasteiger partial charge on any atom is -0.378 e. The highest BCUT2D eigenvalue weighted by Crippen LogP contribution is 2.21. The summed E-state index contributed by atoms with van der Waals surface area (Å²) in [5, 5.41) is 8.51. The number of hydrogen-bond donors (Lipinski definition) is 0. The van der Waals surface area contributed by atoms with Gasteiger partial charge in [0.05, 0.1) is 13.2 Å². The van der Waals surface area contributed by atoms with Gasteiger partial charge in [-0.05, 0) is 30.5 Å². The normalized spacial score (nSPS) is 14.5. The lowest BCUT2D eigenvalue weighted by Gasteiger charge is -2.27. The van der Waals surface area contributed by atoms with Gasteiger partial charge in [-0.15, -0.1) is 16.9 Å². The zero-order valence-corrected chi connectivity index (χ0v) is 17.1. The number of hydrogen-bond acceptors (Lipinski definition) is 9. The van der Waals surface area contributed by atoms with E-state index < -0.39 is 0 Å². The average Bonchev–Trinajstić information content (AvgIpc) is 3.39. The van der Waals surface area contributed by atoms with Gasteiger partial charge in [0.15, 0.2) is 5.82 Å². The SMILES string of the molecule is CSc1ccc(-c2noc(Cn3nc4c(N5CCOCC5)nccn4c3=O)n2)cc1. The smallest absolute Gasteiger partial charge is 0.350 e. The van der Waals surface area contributed by atoms with Gasteiger partial charge in [-0.25, -0.2) is 18.9 Å². The van der Waals surface area contributed by atoms with Crippen molar-refractivity contribution >= 4 is 23.2 Å². The first kappa shape index (κ1) is 18.8. The Morgan fingerprint density at radius 3 is 2.73 bits per heavy atom. The lowest BCUT2D eigenvalue weighted by molar-refractivity contribution is 0.122. The Kier molecular flexibility index (Phi) is 4.97. The van der Waals surface area contributed by atoms with Crippen molar-refractivity contribution < 1.29 is 9.26 Å². The number of benzene rings is 1. The molecule has 1 saturated heterocycles. The largest absolute Gasteiger partial charge is 0.378 e. The molecule has 0 unspecified atom stereocenters. The van der Waals surface area contributed by atoms with E-state index in [1.807, 2.05) is 30.5 Å². The van der Waals surface area contributed by atoms with Crippen molar-refractivity contribution in [2.24, 2.45) is 0 Å². The lowest BCUT2D eigenvalue weighted by Crippen LogP contribution is -2.37. The maximum atomic E-state index is 12.8. The summed E-state index contributed by atoms with van der Waals surface area (Å²) in [6.45, 7) is 2.73. The summed E-state index contributed by atoms with van der Waals surface area (Å²) in [7, 11) is 0. The molecule has 5 rings (SSSR count). The monoisotopic (exact) mass is 425 g/mol. The Morgan fingerprint density at radius 2 is 1.97 bits per heavy atom. The van der Waals surface area contributed by atoms with Gasteiger partial charge in [-0.2, -0.15) is 4.98 Å². The van der Waals surface area contributed by atoms with E-state index in [4.69, 9.17) is 9.26 Å². The molecule has 0 amide bonds. The highest BCUT2D eigenvalue weighted by Gasteiger charge is 2.20. The Morgan fingerprint density at radius 1 is 1.17 bits per heavy atom. The molecule has 1 aliphatic heterocycles. The molecule has 154 valence electrons. The van der Waals surface area contributed by atoms with Crippen LogP contribution in [-0.4, -0.2) is 61.9 Å². The molecule has 10 nitrogen and oxygen atoms in total. The zero-order valence-electron chi connectivity index (χ0n) is 16.3. The molecule has 3 aromatic heterocycles. The molecule has 4 heterocycles. The number of aromatic nitrogens is 6. The molecule has 0 radical (unpaired) electrons. The van der Waals surface area contributed by atoms with Crippen molar-refractivity contribution in [3.05, 3.63) is 53.0 Å². The van der Waals surface area contributed by atoms with Gasteiger partial charge in [0.1, 0.15) is 6.54 Å². The van der Waals surface area contributed by atoms with E-state index in [-0.39, 0.29) is 12.2 Å². The minimum absolute atomic E-state index is 0.0823. The van der Waals surface area contributed by atoms with Gasteiger partial charge in [-0.1, -0.05) is 5.16 Å². The third-order valence-corrected chi connectivity index (χ3v) is 5.64. The van der Waals surface area contributed by atoms with Gasteiger partial charge in [0, 0.05) is 35.9 Å². The van der Waals surface area contributed by atoms with Crippen LogP contribution in [0.3, 0.4) is 0 Å². The fraction of sp³-hybridized carbons (Fsp3) is 0.316. The second kappa shape index (κ2) is 7.92. The maximum absolute atomic E-state index is 12.8. The van der Waals surface area contributed by atoms with Crippen LogP contribution in [0.25, 0.3) is 17.0 Å². The third-order valence-electron chi connectivity index (χ3n) is 4.90. The van der Waals surface area contributed by atoms with Crippen LogP contribution >= 0.6 is 11.8 Å². The van der Waals surface area contributed by atoms with Crippen LogP contribution in [0.5, 0.6) is 0 Å². The number of thioether (sulfide) groups is 1. The van der Waals surface area contributed by atoms with Crippen LogP contribution in [0, 0.1) is 0 Å². The van der Waals surface area contributed by atoms with Gasteiger partial charge in [0.2, 0.25) is 17.4 Å². The molecule has 4 aromatic rings. The minimum atomic E-state index is -0.286. The number of anilines is 1. The summed E-state index contributed by atoms with van der Waals surface area (Å²) in [5.74, 6) is 1.45. The lowest BCUT2D eigenvalue weighted by atomic mass is 10.2. The molecule has 0 N–H and O–H groups in total. The zero-order chi connectivity index (χ0) is 20.5. The highest BCUT2D eigenvalue weighted by atomic mass is 32.2. The molecule has 1 fully saturated rings. The second-order valence-electron chi connectivity index (χ2n) is 6.72. The van der Waals surface area contributed by atoms with E-state index in [1.54, 1.807) is 24.2 Å². The van der Waals surface area contributed by atoms with Crippen molar-refractivity contribution in [3.63, 3.8) is 0 Å². The first-order valence-electron chi connectivity index (χ1n) is 9.47. The molecule has 0 aliphatic carbocycles. The Hall–Kier alpha value is -3.18. The molecule has 30 heavy (non-hydrogen) atoms. The van der Waals surface area contributed by atoms with E-state index in [1.165, 1.54) is 9.08 Å². The Bertz CT molecular complexity index is 1230. The number of ether oxygens (including phenoxy) is 1. The molecule has 1 aliphatic rings. The molecular weight excluding hydrogens is 406 g/mol. The van der Waals surface area contributed by atoms with E-state index in [0.717, 1.165) is 10.5 Å². The summed E-state index contributed by atoms with van der Waals surface area (Å²) in [4.78, 5) is 24.9. The van der Waals surface area contributed by atoms with Gasteiger partial charge in [-0.3, -0.25) is 0 Å². The summed E-state index contributed by atoms with van der Waals surface area (Å²) in [5.41, 5.74) is 1.06. The van der Waals surface area contributed by atoms with Crippen molar-refractivity contribution in [1.29, 1.82) is 0 Å². The van der Waals surface area contributed by atoms with Crippen LogP contribution in [0.15, 0.2) is 50.9 Å². The summed E-state index contributed by atoms with van der Waals surface area (Å²) < 4.78 is 13.6. The molecule has 0 bridgehead atoms. The first-order chi connectivity index (χ1) is 14.7. The standard InChI is InChI=1S/C19H19N7O3S/c1-30-14-4-2-13(3-5-14)16-21-15(29-23-16)12-26-19(27)25-7-6-20-17(18(25)22-26)24-8-10-28-11-9-24/h2-7H,8-12H2,1H3. The van der Waals surface area contributed by atoms with Crippen molar-refractivity contribution in [2.45, 2.75) is 11.4 Å². The molecular formula is C19H19N7O3S. The van der Waals surface area contributed by atoms with Crippen LogP contribution in [0.1, 0.15) is 5.89 Å². The van der Waals surface area contributed by atoms with Crippen LogP contribution in [-0.2, 0) is 11.3 Å². The maximum Gasteiger partial charge on any atom is 0.350 e. The van der Waals surface area contributed by atoms with E-state index in [9.17, 15) is 4.79 Å². The van der Waals surface area contributed by atoms with Crippen molar-refractivity contribution in [3.8, 4) is 11.4 Å². The third kappa shape index (κ3) is 3.46. The van der Waals surface area contributed by atoms with Crippen molar-refractivity contribution in [1.82, 2.24) is 29.3 Å². The quantitative estimate of drug-likeness (QED) is 0.441. The number of rotatable bonds is 5. The predicted octanol–water partition coefficient (Wildman–Crippen LogP) is 1.55. The fourth-order valence-corrected chi connectivity index (χ4v) is 3.75. The number of nitrogens with zero attached hydrogens (tertiary/aromatic N) is 7. The average molecular weight is 425 g/mol. The topological polar surface area (TPSA) is 104 Å². The summed E-state index contributed by atoms with van der Waals surface area (Å²) >= 11 is 1.67. The van der Waals surface area contributed by atoms with Gasteiger partial charge in [0.25, 0.3) is 0 Å². The van der Waals surface area contributed by atoms with Gasteiger partial charge >= 0.3 is 5.69 Å². The molecule has 0 saturated carbocycles. The van der Waals surface area contributed by atoms with Crippen LogP contribution < -0.4 is 10.6 Å². The van der Waals surface area contributed by atoms with Crippen LogP contribution in [0.2, 0.25) is 0 Å². The molecule has 0 atom stereocenters. The van der Waals surface area contributed by atoms with Crippen LogP contribution in [0.4, 0.5) is 5.82 Å². The molecule has 11 heteroatoms. The molecule has 1 aromatic carbocycles. The predicted molar refractivity (Wildman–Crippen MR) is 111 cm³/mol. The fourth-order valence-electron chi connectivity index (χ4n) is 3.34. The Balaban J connectivity index is 1.43.